The maximum atomic E-state index is 13.3. The molecule has 0 radical (unpaired) electrons. The third-order valence-corrected chi connectivity index (χ3v) is 6.34. The monoisotopic (exact) mass is 446 g/mol. The van der Waals surface area contributed by atoms with E-state index < -0.39 is 17.7 Å². The number of imidazole rings is 1. The second-order valence-electron chi connectivity index (χ2n) is 8.33. The Morgan fingerprint density at radius 1 is 1.06 bits per heavy atom. The fourth-order valence-corrected chi connectivity index (χ4v) is 4.69. The Morgan fingerprint density at radius 3 is 2.55 bits per heavy atom. The van der Waals surface area contributed by atoms with E-state index in [2.05, 4.69) is 9.88 Å². The fourth-order valence-electron chi connectivity index (χ4n) is 4.69. The first-order chi connectivity index (χ1) is 16.1. The molecule has 8 heteroatoms. The number of likely N-dealkylation sites (tertiary alicyclic amines) is 1. The predicted octanol–water partition coefficient (Wildman–Crippen LogP) is 2.40. The van der Waals surface area contributed by atoms with E-state index in [9.17, 15) is 14.7 Å². The van der Waals surface area contributed by atoms with E-state index in [1.807, 2.05) is 48.5 Å². The van der Waals surface area contributed by atoms with Gasteiger partial charge in [-0.1, -0.05) is 36.4 Å². The molecule has 8 nitrogen and oxygen atoms in total. The van der Waals surface area contributed by atoms with Gasteiger partial charge in [-0.3, -0.25) is 18.9 Å². The topological polar surface area (TPSA) is 87.4 Å². The Hall–Kier alpha value is -3.49. The molecule has 2 aromatic heterocycles. The van der Waals surface area contributed by atoms with Crippen molar-refractivity contribution in [3.63, 3.8) is 0 Å². The minimum absolute atomic E-state index is 0.0990. The first kappa shape index (κ1) is 21.4. The number of fused-ring (bicyclic) bond motifs is 1. The highest BCUT2D eigenvalue weighted by Crippen LogP contribution is 2.39. The lowest BCUT2D eigenvalue weighted by Gasteiger charge is -2.31. The van der Waals surface area contributed by atoms with Crippen LogP contribution in [0.3, 0.4) is 0 Å². The zero-order valence-corrected chi connectivity index (χ0v) is 18.5. The summed E-state index contributed by atoms with van der Waals surface area (Å²) in [5, 5.41) is 11.4. The highest BCUT2D eigenvalue weighted by atomic mass is 16.5. The van der Waals surface area contributed by atoms with Gasteiger partial charge in [0.1, 0.15) is 11.3 Å². The molecule has 0 spiro atoms. The third kappa shape index (κ3) is 3.81. The largest absolute Gasteiger partial charge is 0.505 e. The van der Waals surface area contributed by atoms with Gasteiger partial charge in [0.05, 0.1) is 30.5 Å². The summed E-state index contributed by atoms with van der Waals surface area (Å²) in [5.41, 5.74) is 2.56. The number of ether oxygens (including phenoxy) is 1. The van der Waals surface area contributed by atoms with Crippen molar-refractivity contribution in [3.8, 4) is 0 Å². The van der Waals surface area contributed by atoms with Gasteiger partial charge < -0.3 is 14.7 Å². The van der Waals surface area contributed by atoms with Crippen LogP contribution in [-0.4, -0.2) is 75.4 Å². The summed E-state index contributed by atoms with van der Waals surface area (Å²) < 4.78 is 7.16. The van der Waals surface area contributed by atoms with Gasteiger partial charge in [-0.25, -0.2) is 4.98 Å². The van der Waals surface area contributed by atoms with Crippen LogP contribution in [0.5, 0.6) is 0 Å². The molecule has 1 aromatic carbocycles. The molecule has 1 atom stereocenters. The molecule has 4 heterocycles. The summed E-state index contributed by atoms with van der Waals surface area (Å²) in [5.74, 6) is -1.47. The number of aliphatic hydroxyl groups excluding tert-OH is 1. The average molecular weight is 447 g/mol. The summed E-state index contributed by atoms with van der Waals surface area (Å²) >= 11 is 0. The molecule has 3 aromatic rings. The quantitative estimate of drug-likeness (QED) is 0.368. The van der Waals surface area contributed by atoms with Crippen LogP contribution in [0.25, 0.3) is 11.4 Å². The number of morpholine rings is 1. The van der Waals surface area contributed by atoms with Gasteiger partial charge in [-0.15, -0.1) is 0 Å². The van der Waals surface area contributed by atoms with Crippen molar-refractivity contribution >= 4 is 23.1 Å². The van der Waals surface area contributed by atoms with Crippen molar-refractivity contribution in [1.29, 1.82) is 0 Å². The number of carbonyl (C=O) groups excluding carboxylic acids is 2. The number of aliphatic hydroxyl groups is 1. The number of ketones is 1. The number of hydrogen-bond donors (Lipinski definition) is 1. The Balaban J connectivity index is 1.59. The summed E-state index contributed by atoms with van der Waals surface area (Å²) in [6.45, 7) is 5.71. The van der Waals surface area contributed by atoms with E-state index in [-0.39, 0.29) is 11.3 Å². The molecule has 0 bridgehead atoms. The van der Waals surface area contributed by atoms with E-state index >= 15 is 0 Å². The number of pyridine rings is 1. The summed E-state index contributed by atoms with van der Waals surface area (Å²) in [6, 6.07) is 14.3. The lowest BCUT2D eigenvalue weighted by molar-refractivity contribution is -0.140. The van der Waals surface area contributed by atoms with Gasteiger partial charge in [-0.05, 0) is 24.6 Å². The summed E-state index contributed by atoms with van der Waals surface area (Å²) in [4.78, 5) is 34.7. The van der Waals surface area contributed by atoms with Crippen molar-refractivity contribution < 1.29 is 19.4 Å². The van der Waals surface area contributed by atoms with Crippen molar-refractivity contribution in [1.82, 2.24) is 19.2 Å². The van der Waals surface area contributed by atoms with Gasteiger partial charge in [0, 0.05) is 32.4 Å². The molecule has 170 valence electrons. The van der Waals surface area contributed by atoms with Crippen LogP contribution < -0.4 is 0 Å². The SMILES string of the molecule is Cc1nc2ccccn2c1/C(O)=C1\C(=O)C(=O)N(CCN2CCOCC2)[C@H]1c1ccccc1. The molecule has 2 saturated heterocycles. The van der Waals surface area contributed by atoms with Crippen LogP contribution in [0.2, 0.25) is 0 Å². The standard InChI is InChI=1S/C25H26N4O4/c1-17-21(28-10-6-5-9-19(28)26-17)23(30)20-22(18-7-3-2-4-8-18)29(25(32)24(20)31)12-11-27-13-15-33-16-14-27/h2-10,22,30H,11-16H2,1H3/b23-20+/t22-/m0/s1. The van der Waals surface area contributed by atoms with Crippen molar-refractivity contribution in [3.05, 3.63) is 77.3 Å². The number of amides is 1. The van der Waals surface area contributed by atoms with Gasteiger partial charge in [-0.2, -0.15) is 0 Å². The highest BCUT2D eigenvalue weighted by molar-refractivity contribution is 6.46. The van der Waals surface area contributed by atoms with E-state index in [1.165, 1.54) is 0 Å². The Morgan fingerprint density at radius 2 is 1.79 bits per heavy atom. The number of carbonyl (C=O) groups is 2. The molecular weight excluding hydrogens is 420 g/mol. The zero-order valence-electron chi connectivity index (χ0n) is 18.5. The van der Waals surface area contributed by atoms with E-state index in [0.717, 1.165) is 18.7 Å². The Bertz CT molecular complexity index is 1230. The number of Topliss-reactive ketones (excluding diaryl/α,β-unsaturated/α-hetero) is 1. The normalized spacial score (nSPS) is 21.2. The number of nitrogens with zero attached hydrogens (tertiary/aromatic N) is 4. The number of aromatic nitrogens is 2. The van der Waals surface area contributed by atoms with Crippen molar-refractivity contribution in [2.75, 3.05) is 39.4 Å². The summed E-state index contributed by atoms with van der Waals surface area (Å²) in [7, 11) is 0. The number of benzene rings is 1. The second kappa shape index (κ2) is 8.80. The van der Waals surface area contributed by atoms with Crippen molar-refractivity contribution in [2.45, 2.75) is 13.0 Å². The second-order valence-corrected chi connectivity index (χ2v) is 8.33. The minimum atomic E-state index is -0.673. The zero-order chi connectivity index (χ0) is 22.9. The predicted molar refractivity (Wildman–Crippen MR) is 123 cm³/mol. The first-order valence-electron chi connectivity index (χ1n) is 11.1. The molecular formula is C25H26N4O4. The van der Waals surface area contributed by atoms with Crippen LogP contribution in [0.4, 0.5) is 0 Å². The molecule has 0 aliphatic carbocycles. The maximum Gasteiger partial charge on any atom is 0.295 e. The highest BCUT2D eigenvalue weighted by Gasteiger charge is 2.46. The third-order valence-electron chi connectivity index (χ3n) is 6.34. The molecule has 1 N–H and O–H groups in total. The first-order valence-corrected chi connectivity index (χ1v) is 11.1. The molecule has 0 unspecified atom stereocenters. The van der Waals surface area contributed by atoms with Crippen LogP contribution in [-0.2, 0) is 14.3 Å². The molecule has 33 heavy (non-hydrogen) atoms. The molecule has 2 aliphatic heterocycles. The fraction of sp³-hybridized carbons (Fsp3) is 0.320. The minimum Gasteiger partial charge on any atom is -0.505 e. The van der Waals surface area contributed by atoms with Gasteiger partial charge in [0.25, 0.3) is 11.7 Å². The number of rotatable bonds is 5. The van der Waals surface area contributed by atoms with Crippen LogP contribution in [0.15, 0.2) is 60.3 Å². The maximum absolute atomic E-state index is 13.3. The van der Waals surface area contributed by atoms with Crippen molar-refractivity contribution in [2.24, 2.45) is 0 Å². The van der Waals surface area contributed by atoms with E-state index in [4.69, 9.17) is 4.74 Å². The Labute approximate surface area is 191 Å². The molecule has 2 aliphatic rings. The number of hydrogen-bond acceptors (Lipinski definition) is 6. The van der Waals surface area contributed by atoms with Gasteiger partial charge in [0.2, 0.25) is 0 Å². The molecule has 5 rings (SSSR count). The van der Waals surface area contributed by atoms with E-state index in [0.29, 0.717) is 43.3 Å². The number of aryl methyl sites for hydroxylation is 1. The van der Waals surface area contributed by atoms with Gasteiger partial charge >= 0.3 is 0 Å². The Kier molecular flexibility index (Phi) is 5.70. The smallest absolute Gasteiger partial charge is 0.295 e. The lowest BCUT2D eigenvalue weighted by atomic mass is 9.96. The lowest BCUT2D eigenvalue weighted by Crippen LogP contribution is -2.42. The van der Waals surface area contributed by atoms with Gasteiger partial charge in [0.15, 0.2) is 5.76 Å². The van der Waals surface area contributed by atoms with Crippen LogP contribution in [0.1, 0.15) is 23.0 Å². The summed E-state index contributed by atoms with van der Waals surface area (Å²) in [6.07, 6.45) is 1.79. The average Bonchev–Trinajstić information content (AvgIpc) is 3.31. The molecule has 2 fully saturated rings. The van der Waals surface area contributed by atoms with Crippen LogP contribution in [0, 0.1) is 6.92 Å². The molecule has 0 saturated carbocycles. The molecule has 1 amide bonds. The van der Waals surface area contributed by atoms with E-state index in [1.54, 1.807) is 22.4 Å². The van der Waals surface area contributed by atoms with Crippen LogP contribution >= 0.6 is 0 Å².